The maximum atomic E-state index is 12.8. The highest BCUT2D eigenvalue weighted by molar-refractivity contribution is 9.10. The summed E-state index contributed by atoms with van der Waals surface area (Å²) < 4.78 is 0.968. The molecular formula is C19H17BrClN3O. The molecule has 0 spiro atoms. The maximum absolute atomic E-state index is 12.8. The van der Waals surface area contributed by atoms with Crippen LogP contribution in [0.15, 0.2) is 51.0 Å². The van der Waals surface area contributed by atoms with E-state index in [1.807, 2.05) is 51.1 Å². The monoisotopic (exact) mass is 417 g/mol. The topological polar surface area (TPSA) is 45.0 Å². The number of aliphatic imine (C=N–C) groups is 1. The van der Waals surface area contributed by atoms with Crippen molar-refractivity contribution in [2.24, 2.45) is 16.0 Å². The maximum Gasteiger partial charge on any atom is 0.261 e. The minimum absolute atomic E-state index is 0.107. The van der Waals surface area contributed by atoms with Crippen LogP contribution < -0.4 is 5.01 Å². The van der Waals surface area contributed by atoms with Crippen molar-refractivity contribution in [2.75, 3.05) is 5.01 Å². The predicted octanol–water partition coefficient (Wildman–Crippen LogP) is 5.46. The molecule has 2 aromatic rings. The van der Waals surface area contributed by atoms with Crippen molar-refractivity contribution in [3.8, 4) is 0 Å². The molecule has 1 heterocycles. The van der Waals surface area contributed by atoms with Crippen LogP contribution in [0.25, 0.3) is 0 Å². The van der Waals surface area contributed by atoms with Crippen molar-refractivity contribution in [1.82, 2.24) is 0 Å². The number of amides is 1. The molecule has 25 heavy (non-hydrogen) atoms. The van der Waals surface area contributed by atoms with Crippen LogP contribution >= 0.6 is 27.5 Å². The van der Waals surface area contributed by atoms with E-state index in [-0.39, 0.29) is 5.91 Å². The summed E-state index contributed by atoms with van der Waals surface area (Å²) in [6.45, 7) is 5.73. The Morgan fingerprint density at radius 1 is 1.16 bits per heavy atom. The van der Waals surface area contributed by atoms with Crippen molar-refractivity contribution in [3.63, 3.8) is 0 Å². The standard InChI is InChI=1S/C19H17BrClN3O/c1-11-4-6-15(9-17(11)21)22-10-16-13(3)23-24(19(16)25)18-7-5-14(20)8-12(18)2/h4-10,16H,1-3H3. The summed E-state index contributed by atoms with van der Waals surface area (Å²) in [5, 5.41) is 6.54. The third-order valence-corrected chi connectivity index (χ3v) is 5.00. The van der Waals surface area contributed by atoms with Gasteiger partial charge in [-0.15, -0.1) is 0 Å². The summed E-state index contributed by atoms with van der Waals surface area (Å²) >= 11 is 9.56. The summed E-state index contributed by atoms with van der Waals surface area (Å²) in [4.78, 5) is 17.2. The molecule has 0 aliphatic carbocycles. The third kappa shape index (κ3) is 3.67. The van der Waals surface area contributed by atoms with Gasteiger partial charge in [0, 0.05) is 15.7 Å². The number of anilines is 1. The van der Waals surface area contributed by atoms with Crippen molar-refractivity contribution in [2.45, 2.75) is 20.8 Å². The SMILES string of the molecule is CC1=NN(c2ccc(Br)cc2C)C(=O)C1C=Nc1ccc(C)c(Cl)c1. The van der Waals surface area contributed by atoms with Crippen molar-refractivity contribution in [1.29, 1.82) is 0 Å². The Balaban J connectivity index is 1.85. The molecule has 1 aliphatic rings. The zero-order valence-corrected chi connectivity index (χ0v) is 16.5. The number of benzene rings is 2. The highest BCUT2D eigenvalue weighted by atomic mass is 79.9. The number of rotatable bonds is 3. The molecule has 0 fully saturated rings. The molecule has 6 heteroatoms. The fourth-order valence-corrected chi connectivity index (χ4v) is 3.25. The normalized spacial score (nSPS) is 17.5. The number of hydrogen-bond donors (Lipinski definition) is 0. The average Bonchev–Trinajstić information content (AvgIpc) is 2.83. The van der Waals surface area contributed by atoms with Gasteiger partial charge in [-0.25, -0.2) is 0 Å². The molecular weight excluding hydrogens is 402 g/mol. The van der Waals surface area contributed by atoms with Crippen molar-refractivity contribution >= 4 is 56.7 Å². The van der Waals surface area contributed by atoms with E-state index in [0.29, 0.717) is 10.7 Å². The number of hydrogen-bond acceptors (Lipinski definition) is 3. The molecule has 0 saturated heterocycles. The van der Waals surface area contributed by atoms with Crippen molar-refractivity contribution < 1.29 is 4.79 Å². The Morgan fingerprint density at radius 2 is 1.92 bits per heavy atom. The first-order valence-electron chi connectivity index (χ1n) is 7.82. The van der Waals surface area contributed by atoms with Gasteiger partial charge in [-0.1, -0.05) is 33.6 Å². The van der Waals surface area contributed by atoms with Crippen LogP contribution in [0.1, 0.15) is 18.1 Å². The van der Waals surface area contributed by atoms with E-state index >= 15 is 0 Å². The number of hydrazone groups is 1. The second kappa shape index (κ2) is 7.10. The summed E-state index contributed by atoms with van der Waals surface area (Å²) in [6.07, 6.45) is 1.64. The van der Waals surface area contributed by atoms with Gasteiger partial charge in [0.2, 0.25) is 0 Å². The second-order valence-electron chi connectivity index (χ2n) is 6.01. The van der Waals surface area contributed by atoms with Gasteiger partial charge >= 0.3 is 0 Å². The minimum atomic E-state index is -0.469. The first-order chi connectivity index (χ1) is 11.9. The van der Waals surface area contributed by atoms with Gasteiger partial charge in [-0.2, -0.15) is 10.1 Å². The van der Waals surface area contributed by atoms with Crippen LogP contribution in [-0.2, 0) is 4.79 Å². The van der Waals surface area contributed by atoms with Crippen LogP contribution in [0, 0.1) is 19.8 Å². The van der Waals surface area contributed by atoms with E-state index in [1.165, 1.54) is 5.01 Å². The zero-order valence-electron chi connectivity index (χ0n) is 14.1. The molecule has 1 amide bonds. The number of nitrogens with zero attached hydrogens (tertiary/aromatic N) is 3. The first-order valence-corrected chi connectivity index (χ1v) is 8.99. The molecule has 0 aromatic heterocycles. The highest BCUT2D eigenvalue weighted by Crippen LogP contribution is 2.29. The van der Waals surface area contributed by atoms with Crippen LogP contribution in [0.5, 0.6) is 0 Å². The summed E-state index contributed by atoms with van der Waals surface area (Å²) in [5.41, 5.74) is 4.18. The number of carbonyl (C=O) groups is 1. The van der Waals surface area contributed by atoms with Gasteiger partial charge in [0.25, 0.3) is 5.91 Å². The minimum Gasteiger partial charge on any atom is -0.271 e. The van der Waals surface area contributed by atoms with Crippen LogP contribution in [-0.4, -0.2) is 17.8 Å². The fourth-order valence-electron chi connectivity index (χ4n) is 2.60. The van der Waals surface area contributed by atoms with Gasteiger partial charge in [0.1, 0.15) is 5.92 Å². The summed E-state index contributed by atoms with van der Waals surface area (Å²) in [6, 6.07) is 11.3. The lowest BCUT2D eigenvalue weighted by molar-refractivity contribution is -0.118. The lowest BCUT2D eigenvalue weighted by Gasteiger charge is -2.15. The second-order valence-corrected chi connectivity index (χ2v) is 7.33. The van der Waals surface area contributed by atoms with E-state index in [2.05, 4.69) is 26.0 Å². The van der Waals surface area contributed by atoms with Crippen LogP contribution in [0.2, 0.25) is 5.02 Å². The molecule has 1 unspecified atom stereocenters. The predicted molar refractivity (Wildman–Crippen MR) is 107 cm³/mol. The molecule has 0 radical (unpaired) electrons. The van der Waals surface area contributed by atoms with Gasteiger partial charge < -0.3 is 0 Å². The third-order valence-electron chi connectivity index (χ3n) is 4.10. The van der Waals surface area contributed by atoms with Crippen LogP contribution in [0.3, 0.4) is 0 Å². The molecule has 0 saturated carbocycles. The van der Waals surface area contributed by atoms with E-state index < -0.39 is 5.92 Å². The first kappa shape index (κ1) is 17.8. The van der Waals surface area contributed by atoms with E-state index in [4.69, 9.17) is 11.6 Å². The highest BCUT2D eigenvalue weighted by Gasteiger charge is 2.33. The van der Waals surface area contributed by atoms with Gasteiger partial charge in [0.05, 0.1) is 17.1 Å². The van der Waals surface area contributed by atoms with Crippen molar-refractivity contribution in [3.05, 3.63) is 57.0 Å². The largest absolute Gasteiger partial charge is 0.271 e. The number of halogens is 2. The zero-order chi connectivity index (χ0) is 18.1. The molecule has 3 rings (SSSR count). The Hall–Kier alpha value is -1.98. The Kier molecular flexibility index (Phi) is 5.06. The number of carbonyl (C=O) groups excluding carboxylic acids is 1. The molecule has 4 nitrogen and oxygen atoms in total. The lowest BCUT2D eigenvalue weighted by atomic mass is 10.1. The van der Waals surface area contributed by atoms with Gasteiger partial charge in [0.15, 0.2) is 0 Å². The fraction of sp³-hybridized carbons (Fsp3) is 0.211. The van der Waals surface area contributed by atoms with E-state index in [1.54, 1.807) is 12.3 Å². The molecule has 1 atom stereocenters. The smallest absolute Gasteiger partial charge is 0.261 e. The molecule has 0 bridgehead atoms. The van der Waals surface area contributed by atoms with E-state index in [0.717, 1.165) is 27.0 Å². The molecule has 1 aliphatic heterocycles. The van der Waals surface area contributed by atoms with E-state index in [9.17, 15) is 4.79 Å². The quantitative estimate of drug-likeness (QED) is 0.610. The molecule has 0 N–H and O–H groups in total. The average molecular weight is 419 g/mol. The Morgan fingerprint density at radius 3 is 2.60 bits per heavy atom. The molecule has 128 valence electrons. The lowest BCUT2D eigenvalue weighted by Crippen LogP contribution is -2.28. The Bertz CT molecular complexity index is 908. The Labute approximate surface area is 160 Å². The number of aryl methyl sites for hydroxylation is 2. The summed E-state index contributed by atoms with van der Waals surface area (Å²) in [7, 11) is 0. The van der Waals surface area contributed by atoms with Gasteiger partial charge in [-0.3, -0.25) is 9.79 Å². The molecule has 2 aromatic carbocycles. The van der Waals surface area contributed by atoms with Gasteiger partial charge in [-0.05, 0) is 62.2 Å². The summed E-state index contributed by atoms with van der Waals surface area (Å²) in [5.74, 6) is -0.576. The van der Waals surface area contributed by atoms with Crippen LogP contribution in [0.4, 0.5) is 11.4 Å².